The Hall–Kier alpha value is -0.340. The van der Waals surface area contributed by atoms with Crippen LogP contribution in [0.3, 0.4) is 0 Å². The molecule has 0 amide bonds. The van der Waals surface area contributed by atoms with Crippen LogP contribution in [-0.2, 0) is 6.42 Å². The normalized spacial score (nSPS) is 24.2. The molecule has 0 aliphatic heterocycles. The number of nitrogens with one attached hydrogen (secondary N) is 1. The summed E-state index contributed by atoms with van der Waals surface area (Å²) in [6, 6.07) is 6.79. The van der Waals surface area contributed by atoms with Crippen LogP contribution in [0.15, 0.2) is 22.7 Å². The van der Waals surface area contributed by atoms with Crippen molar-refractivity contribution in [2.45, 2.75) is 32.1 Å². The van der Waals surface area contributed by atoms with Crippen molar-refractivity contribution in [3.63, 3.8) is 0 Å². The van der Waals surface area contributed by atoms with Crippen LogP contribution in [0.25, 0.3) is 0 Å². The van der Waals surface area contributed by atoms with Crippen molar-refractivity contribution >= 4 is 15.9 Å². The van der Waals surface area contributed by atoms with Crippen LogP contribution in [0.4, 0.5) is 0 Å². The molecular weight excluding hydrogens is 262 g/mol. The predicted octanol–water partition coefficient (Wildman–Crippen LogP) is 3.72. The van der Waals surface area contributed by atoms with Crippen LogP contribution >= 0.6 is 15.9 Å². The second kappa shape index (κ2) is 5.33. The minimum Gasteiger partial charge on any atom is -0.320 e. The molecule has 0 saturated carbocycles. The quantitative estimate of drug-likeness (QED) is 0.891. The molecule has 1 aromatic carbocycles. The first kappa shape index (κ1) is 12.1. The fraction of sp³-hybridized carbons (Fsp3) is 0.571. The van der Waals surface area contributed by atoms with Crippen molar-refractivity contribution in [3.8, 4) is 0 Å². The minimum absolute atomic E-state index is 0.740. The van der Waals surface area contributed by atoms with Crippen molar-refractivity contribution in [1.29, 1.82) is 0 Å². The van der Waals surface area contributed by atoms with Gasteiger partial charge in [-0.1, -0.05) is 28.9 Å². The van der Waals surface area contributed by atoms with E-state index in [4.69, 9.17) is 0 Å². The molecular formula is C14H20BrN. The van der Waals surface area contributed by atoms with E-state index < -0.39 is 0 Å². The van der Waals surface area contributed by atoms with Crippen LogP contribution in [-0.4, -0.2) is 13.6 Å². The van der Waals surface area contributed by atoms with Gasteiger partial charge in [-0.3, -0.25) is 0 Å². The number of halogens is 1. The summed E-state index contributed by atoms with van der Waals surface area (Å²) in [5.74, 6) is 1.57. The summed E-state index contributed by atoms with van der Waals surface area (Å²) in [4.78, 5) is 0. The highest BCUT2D eigenvalue weighted by Crippen LogP contribution is 2.37. The van der Waals surface area contributed by atoms with Gasteiger partial charge in [0.25, 0.3) is 0 Å². The van der Waals surface area contributed by atoms with Crippen molar-refractivity contribution in [1.82, 2.24) is 5.32 Å². The lowest BCUT2D eigenvalue weighted by Crippen LogP contribution is -2.20. The zero-order valence-electron chi connectivity index (χ0n) is 10.1. The lowest BCUT2D eigenvalue weighted by Gasteiger charge is -2.30. The van der Waals surface area contributed by atoms with E-state index in [0.717, 1.165) is 18.4 Å². The molecule has 0 fully saturated rings. The van der Waals surface area contributed by atoms with E-state index >= 15 is 0 Å². The van der Waals surface area contributed by atoms with Crippen molar-refractivity contribution in [2.24, 2.45) is 5.92 Å². The van der Waals surface area contributed by atoms with E-state index in [1.807, 2.05) is 7.05 Å². The summed E-state index contributed by atoms with van der Waals surface area (Å²) in [6.45, 7) is 3.49. The summed E-state index contributed by atoms with van der Waals surface area (Å²) >= 11 is 3.59. The maximum Gasteiger partial charge on any atom is 0.0178 e. The van der Waals surface area contributed by atoms with Gasteiger partial charge in [-0.15, -0.1) is 0 Å². The smallest absolute Gasteiger partial charge is 0.0178 e. The molecule has 16 heavy (non-hydrogen) atoms. The molecule has 0 saturated heterocycles. The molecule has 1 aromatic rings. The molecule has 0 radical (unpaired) electrons. The molecule has 1 aliphatic carbocycles. The average Bonchev–Trinajstić information content (AvgIpc) is 2.26. The third kappa shape index (κ3) is 2.67. The maximum absolute atomic E-state index is 3.59. The van der Waals surface area contributed by atoms with Gasteiger partial charge in [0.05, 0.1) is 0 Å². The molecule has 1 N–H and O–H groups in total. The SMILES string of the molecule is CNCCC1CC(C)Cc2ccc(Br)cc21. The fourth-order valence-electron chi connectivity index (χ4n) is 2.80. The molecule has 2 heteroatoms. The monoisotopic (exact) mass is 281 g/mol. The topological polar surface area (TPSA) is 12.0 Å². The van der Waals surface area contributed by atoms with Crippen LogP contribution in [0, 0.1) is 5.92 Å². The minimum atomic E-state index is 0.740. The molecule has 88 valence electrons. The number of hydrogen-bond donors (Lipinski definition) is 1. The van der Waals surface area contributed by atoms with E-state index in [9.17, 15) is 0 Å². The van der Waals surface area contributed by atoms with Gasteiger partial charge in [0.2, 0.25) is 0 Å². The highest BCUT2D eigenvalue weighted by Gasteiger charge is 2.24. The van der Waals surface area contributed by atoms with E-state index in [1.54, 1.807) is 11.1 Å². The molecule has 2 unspecified atom stereocenters. The van der Waals surface area contributed by atoms with Crippen molar-refractivity contribution in [3.05, 3.63) is 33.8 Å². The van der Waals surface area contributed by atoms with Crippen molar-refractivity contribution in [2.75, 3.05) is 13.6 Å². The molecule has 2 atom stereocenters. The first-order valence-corrected chi connectivity index (χ1v) is 6.93. The fourth-order valence-corrected chi connectivity index (χ4v) is 3.17. The average molecular weight is 282 g/mol. The Bertz CT molecular complexity index is 362. The number of benzene rings is 1. The van der Waals surface area contributed by atoms with Gasteiger partial charge in [0.1, 0.15) is 0 Å². The van der Waals surface area contributed by atoms with Crippen LogP contribution in [0.2, 0.25) is 0 Å². The lowest BCUT2D eigenvalue weighted by atomic mass is 9.76. The zero-order valence-corrected chi connectivity index (χ0v) is 11.7. The van der Waals surface area contributed by atoms with E-state index in [2.05, 4.69) is 46.4 Å². The lowest BCUT2D eigenvalue weighted by molar-refractivity contribution is 0.412. The second-order valence-corrected chi connectivity index (χ2v) is 5.89. The van der Waals surface area contributed by atoms with E-state index in [1.165, 1.54) is 23.7 Å². The standard InChI is InChI=1S/C14H20BrN/c1-10-7-11-3-4-13(15)9-14(11)12(8-10)5-6-16-2/h3-4,9-10,12,16H,5-8H2,1-2H3. The van der Waals surface area contributed by atoms with Crippen LogP contribution in [0.1, 0.15) is 36.8 Å². The molecule has 2 rings (SSSR count). The van der Waals surface area contributed by atoms with Gasteiger partial charge < -0.3 is 5.32 Å². The molecule has 0 aromatic heterocycles. The largest absolute Gasteiger partial charge is 0.320 e. The van der Waals surface area contributed by atoms with Gasteiger partial charge in [0.15, 0.2) is 0 Å². The number of fused-ring (bicyclic) bond motifs is 1. The summed E-state index contributed by atoms with van der Waals surface area (Å²) in [6.07, 6.45) is 3.84. The number of rotatable bonds is 3. The third-order valence-corrected chi connectivity index (χ3v) is 4.04. The first-order chi connectivity index (χ1) is 7.70. The molecule has 0 heterocycles. The van der Waals surface area contributed by atoms with Gasteiger partial charge in [-0.2, -0.15) is 0 Å². The van der Waals surface area contributed by atoms with Gasteiger partial charge >= 0.3 is 0 Å². The predicted molar refractivity (Wildman–Crippen MR) is 72.9 cm³/mol. The van der Waals surface area contributed by atoms with Crippen LogP contribution < -0.4 is 5.32 Å². The van der Waals surface area contributed by atoms with E-state index in [0.29, 0.717) is 0 Å². The molecule has 0 bridgehead atoms. The van der Waals surface area contributed by atoms with E-state index in [-0.39, 0.29) is 0 Å². The Morgan fingerprint density at radius 2 is 2.25 bits per heavy atom. The summed E-state index contributed by atoms with van der Waals surface area (Å²) in [5, 5.41) is 3.26. The molecule has 1 nitrogen and oxygen atoms in total. The Labute approximate surface area is 107 Å². The van der Waals surface area contributed by atoms with Gasteiger partial charge in [-0.05, 0) is 68.0 Å². The Kier molecular flexibility index (Phi) is 4.04. The zero-order chi connectivity index (χ0) is 11.5. The van der Waals surface area contributed by atoms with Crippen LogP contribution in [0.5, 0.6) is 0 Å². The summed E-state index contributed by atoms with van der Waals surface area (Å²) in [5.41, 5.74) is 3.13. The van der Waals surface area contributed by atoms with Crippen molar-refractivity contribution < 1.29 is 0 Å². The Morgan fingerprint density at radius 1 is 1.44 bits per heavy atom. The van der Waals surface area contributed by atoms with Gasteiger partial charge in [0, 0.05) is 4.47 Å². The Balaban J connectivity index is 2.24. The summed E-state index contributed by atoms with van der Waals surface area (Å²) < 4.78 is 1.22. The second-order valence-electron chi connectivity index (χ2n) is 4.98. The first-order valence-electron chi connectivity index (χ1n) is 6.13. The van der Waals surface area contributed by atoms with Gasteiger partial charge in [-0.25, -0.2) is 0 Å². The molecule has 0 spiro atoms. The highest BCUT2D eigenvalue weighted by atomic mass is 79.9. The molecule has 1 aliphatic rings. The number of hydrogen-bond acceptors (Lipinski definition) is 1. The summed E-state index contributed by atoms with van der Waals surface area (Å²) in [7, 11) is 2.04. The third-order valence-electron chi connectivity index (χ3n) is 3.55. The Morgan fingerprint density at radius 3 is 3.00 bits per heavy atom. The highest BCUT2D eigenvalue weighted by molar-refractivity contribution is 9.10. The maximum atomic E-state index is 3.59.